The van der Waals surface area contributed by atoms with E-state index in [2.05, 4.69) is 0 Å². The Labute approximate surface area is 90.5 Å². The molecule has 0 aromatic carbocycles. The minimum Gasteiger partial charge on any atom is -0.847 e. The third-order valence-electron chi connectivity index (χ3n) is 0.572. The first-order chi connectivity index (χ1) is 4.37. The average Bonchev–Trinajstić information content (AvgIpc) is 1.63. The number of Topliss-reactive ketones (excluding diaryl/α,β-unsaturated/α-hetero) is 2. The average molecular weight is 209 g/mol. The van der Waals surface area contributed by atoms with Crippen molar-refractivity contribution in [3.63, 3.8) is 0 Å². The molecule has 0 aromatic heterocycles. The van der Waals surface area contributed by atoms with Gasteiger partial charge in [-0.2, -0.15) is 0 Å². The van der Waals surface area contributed by atoms with Crippen LogP contribution in [0.1, 0.15) is 57.4 Å². The quantitative estimate of drug-likeness (QED) is 0.666. The molecule has 0 aliphatic heterocycles. The van der Waals surface area contributed by atoms with Gasteiger partial charge in [0.25, 0.3) is 0 Å². The molecule has 14 heavy (non-hydrogen) atoms. The molecular formula is C11H29O3-. The summed E-state index contributed by atoms with van der Waals surface area (Å²) in [6.07, 6.45) is -1.04. The van der Waals surface area contributed by atoms with E-state index in [0.29, 0.717) is 0 Å². The molecule has 0 spiro atoms. The summed E-state index contributed by atoms with van der Waals surface area (Å²) in [4.78, 5) is 19.3. The van der Waals surface area contributed by atoms with Crippen LogP contribution >= 0.6 is 0 Å². The van der Waals surface area contributed by atoms with Crippen LogP contribution in [0.5, 0.6) is 0 Å². The molecule has 0 bridgehead atoms. The van der Waals surface area contributed by atoms with Gasteiger partial charge in [0.2, 0.25) is 0 Å². The second kappa shape index (κ2) is 22.8. The van der Waals surface area contributed by atoms with E-state index >= 15 is 0 Å². The van der Waals surface area contributed by atoms with Crippen LogP contribution in [0.4, 0.5) is 0 Å². The van der Waals surface area contributed by atoms with Gasteiger partial charge < -0.3 is 14.7 Å². The van der Waals surface area contributed by atoms with Crippen LogP contribution in [0.25, 0.3) is 0 Å². The zero-order valence-corrected chi connectivity index (χ0v) is 6.80. The van der Waals surface area contributed by atoms with Crippen LogP contribution in [0.15, 0.2) is 0 Å². The van der Waals surface area contributed by atoms with Gasteiger partial charge in [-0.1, -0.05) is 42.7 Å². The van der Waals surface area contributed by atoms with Crippen molar-refractivity contribution in [2.45, 2.75) is 63.5 Å². The Hall–Kier alpha value is -0.700. The Morgan fingerprint density at radius 3 is 1.00 bits per heavy atom. The normalized spacial score (nSPS) is 7.79. The van der Waals surface area contributed by atoms with Crippen LogP contribution in [-0.2, 0) is 9.59 Å². The van der Waals surface area contributed by atoms with Crippen LogP contribution in [0.2, 0.25) is 0 Å². The second-order valence-corrected chi connectivity index (χ2v) is 2.16. The molecule has 1 unspecified atom stereocenters. The molecular weight excluding hydrogens is 180 g/mol. The maximum Gasteiger partial charge on any atom is 0.126 e. The van der Waals surface area contributed by atoms with E-state index < -0.39 is 6.10 Å². The van der Waals surface area contributed by atoms with Crippen molar-refractivity contribution in [1.29, 1.82) is 0 Å². The van der Waals surface area contributed by atoms with Crippen LogP contribution < -0.4 is 5.11 Å². The number of hydrogen-bond donors (Lipinski definition) is 0. The molecule has 0 heterocycles. The molecule has 0 saturated heterocycles. The lowest BCUT2D eigenvalue weighted by Crippen LogP contribution is -2.28. The lowest BCUT2D eigenvalue weighted by atomic mass is 10.3. The van der Waals surface area contributed by atoms with Crippen molar-refractivity contribution in [3.05, 3.63) is 0 Å². The molecule has 0 fully saturated rings. The summed E-state index contributed by atoms with van der Waals surface area (Å²) in [5.41, 5.74) is 0. The maximum absolute atomic E-state index is 9.88. The molecule has 0 rings (SSSR count). The largest absolute Gasteiger partial charge is 0.847 e. The maximum atomic E-state index is 9.88. The third kappa shape index (κ3) is 110. The molecule has 3 heteroatoms. The standard InChI is InChI=1S/C4H7O2.C3H6O.4CH4/c1-3(5)4(2)6;1-3(2)4;;;;/h3H,1-2H3;1-2H3;4*1H4/q-1;;;;;. The highest BCUT2D eigenvalue weighted by molar-refractivity contribution is 5.79. The smallest absolute Gasteiger partial charge is 0.126 e. The fraction of sp³-hybridized carbons (Fsp3) is 0.818. The molecule has 3 nitrogen and oxygen atoms in total. The van der Waals surface area contributed by atoms with Gasteiger partial charge in [-0.05, 0) is 20.8 Å². The highest BCUT2D eigenvalue weighted by Gasteiger charge is 1.86. The van der Waals surface area contributed by atoms with E-state index in [0.717, 1.165) is 0 Å². The Morgan fingerprint density at radius 1 is 0.929 bits per heavy atom. The minimum atomic E-state index is -1.04. The fourth-order valence-electron chi connectivity index (χ4n) is 0. The predicted molar refractivity (Wildman–Crippen MR) is 63.4 cm³/mol. The van der Waals surface area contributed by atoms with Gasteiger partial charge in [0.1, 0.15) is 11.6 Å². The first-order valence-electron chi connectivity index (χ1n) is 3.01. The first-order valence-corrected chi connectivity index (χ1v) is 3.01. The van der Waals surface area contributed by atoms with Crippen molar-refractivity contribution in [1.82, 2.24) is 0 Å². The fourth-order valence-corrected chi connectivity index (χ4v) is 0. The molecule has 0 aliphatic rings. The van der Waals surface area contributed by atoms with Crippen molar-refractivity contribution in [3.8, 4) is 0 Å². The molecule has 0 aromatic rings. The summed E-state index contributed by atoms with van der Waals surface area (Å²) in [5.74, 6) is -0.130. The number of carbonyl (C=O) groups is 2. The molecule has 0 saturated carbocycles. The molecule has 92 valence electrons. The highest BCUT2D eigenvalue weighted by Crippen LogP contribution is 1.71. The van der Waals surface area contributed by atoms with Gasteiger partial charge in [-0.15, -0.1) is 0 Å². The van der Waals surface area contributed by atoms with E-state index in [-0.39, 0.29) is 41.3 Å². The summed E-state index contributed by atoms with van der Waals surface area (Å²) in [6, 6.07) is 0. The number of carbonyl (C=O) groups excluding carboxylic acids is 2. The van der Waals surface area contributed by atoms with Gasteiger partial charge in [0, 0.05) is 0 Å². The van der Waals surface area contributed by atoms with Crippen LogP contribution in [0.3, 0.4) is 0 Å². The summed E-state index contributed by atoms with van der Waals surface area (Å²) < 4.78 is 0. The monoisotopic (exact) mass is 209 g/mol. The second-order valence-electron chi connectivity index (χ2n) is 2.16. The Balaban J connectivity index is -0.0000000185. The number of ketones is 2. The van der Waals surface area contributed by atoms with E-state index in [1.165, 1.54) is 27.7 Å². The SMILES string of the molecule is C.C.C.C.CC(=O)C(C)[O-].CC(C)=O. The van der Waals surface area contributed by atoms with E-state index in [9.17, 15) is 14.7 Å². The van der Waals surface area contributed by atoms with Crippen molar-refractivity contribution in [2.75, 3.05) is 0 Å². The topological polar surface area (TPSA) is 57.2 Å². The van der Waals surface area contributed by atoms with Gasteiger partial charge in [0.15, 0.2) is 0 Å². The van der Waals surface area contributed by atoms with E-state index in [1.54, 1.807) is 0 Å². The van der Waals surface area contributed by atoms with Crippen LogP contribution in [-0.4, -0.2) is 17.7 Å². The summed E-state index contributed by atoms with van der Waals surface area (Å²) in [6.45, 7) is 5.68. The molecule has 1 atom stereocenters. The van der Waals surface area contributed by atoms with E-state index in [4.69, 9.17) is 0 Å². The summed E-state index contributed by atoms with van der Waals surface area (Å²) in [7, 11) is 0. The number of rotatable bonds is 1. The van der Waals surface area contributed by atoms with Crippen molar-refractivity contribution in [2.24, 2.45) is 0 Å². The lowest BCUT2D eigenvalue weighted by molar-refractivity contribution is -0.397. The predicted octanol–water partition coefficient (Wildman–Crippen LogP) is 2.46. The molecule has 0 N–H and O–H groups in total. The minimum absolute atomic E-state index is 0. The van der Waals surface area contributed by atoms with Crippen LogP contribution in [0, 0.1) is 0 Å². The van der Waals surface area contributed by atoms with Crippen molar-refractivity contribution >= 4 is 11.6 Å². The van der Waals surface area contributed by atoms with Crippen molar-refractivity contribution < 1.29 is 14.7 Å². The summed E-state index contributed by atoms with van der Waals surface area (Å²) >= 11 is 0. The zero-order chi connectivity index (χ0) is 8.73. The molecule has 0 radical (unpaired) electrons. The molecule has 0 aliphatic carbocycles. The zero-order valence-electron chi connectivity index (χ0n) is 6.80. The lowest BCUT2D eigenvalue weighted by Gasteiger charge is -2.08. The van der Waals surface area contributed by atoms with Gasteiger partial charge >= 0.3 is 0 Å². The number of hydrogen-bond acceptors (Lipinski definition) is 3. The Morgan fingerprint density at radius 2 is 1.00 bits per heavy atom. The van der Waals surface area contributed by atoms with Gasteiger partial charge in [0.05, 0.1) is 0 Å². The van der Waals surface area contributed by atoms with Gasteiger partial charge in [-0.25, -0.2) is 0 Å². The summed E-state index contributed by atoms with van der Waals surface area (Å²) in [5, 5.41) is 9.88. The Bertz CT molecular complexity index is 114. The third-order valence-corrected chi connectivity index (χ3v) is 0.572. The highest BCUT2D eigenvalue weighted by atomic mass is 16.3. The van der Waals surface area contributed by atoms with Gasteiger partial charge in [-0.3, -0.25) is 0 Å². The first kappa shape index (κ1) is 37.8. The van der Waals surface area contributed by atoms with E-state index in [1.807, 2.05) is 0 Å². The molecule has 0 amide bonds. The Kier molecular flexibility index (Phi) is 61.5.